The molecule has 1 aromatic rings. The van der Waals surface area contributed by atoms with Crippen LogP contribution in [-0.2, 0) is 4.74 Å². The minimum Gasteiger partial charge on any atom is -0.382 e. The number of nitro benzene ring substituents is 1. The lowest BCUT2D eigenvalue weighted by atomic mass is 9.83. The van der Waals surface area contributed by atoms with Gasteiger partial charge in [-0.25, -0.2) is 0 Å². The maximum atomic E-state index is 11.1. The molecule has 0 heterocycles. The van der Waals surface area contributed by atoms with Gasteiger partial charge in [-0.15, -0.1) is 24.0 Å². The molecule has 0 spiro atoms. The van der Waals surface area contributed by atoms with Gasteiger partial charge in [0.1, 0.15) is 5.69 Å². The van der Waals surface area contributed by atoms with E-state index in [9.17, 15) is 10.1 Å². The van der Waals surface area contributed by atoms with Crippen molar-refractivity contribution in [3.05, 3.63) is 34.4 Å². The first-order chi connectivity index (χ1) is 13.6. The molecule has 1 fully saturated rings. The zero-order valence-electron chi connectivity index (χ0n) is 17.4. The Hall–Kier alpha value is -1.62. The van der Waals surface area contributed by atoms with Crippen LogP contribution in [0, 0.1) is 15.5 Å². The second-order valence-electron chi connectivity index (χ2n) is 7.21. The van der Waals surface area contributed by atoms with Crippen LogP contribution in [0.15, 0.2) is 29.3 Å². The fourth-order valence-corrected chi connectivity index (χ4v) is 3.73. The summed E-state index contributed by atoms with van der Waals surface area (Å²) in [5, 5.41) is 20.9. The number of aliphatic imine (C=N–C) groups is 1. The van der Waals surface area contributed by atoms with Gasteiger partial charge in [-0.1, -0.05) is 25.0 Å². The largest absolute Gasteiger partial charge is 0.382 e. The minimum atomic E-state index is -0.375. The van der Waals surface area contributed by atoms with Gasteiger partial charge in [0.25, 0.3) is 5.69 Å². The molecule has 0 saturated heterocycles. The highest BCUT2D eigenvalue weighted by atomic mass is 127. The van der Waals surface area contributed by atoms with E-state index in [4.69, 9.17) is 4.74 Å². The standard InChI is InChI=1S/C20H33N5O3.HI/c1-3-28-15-12-20(10-6-7-11-20)16-24-19(21-2)23-14-13-22-17-8-4-5-9-18(17)25(26)27;/h4-5,8-9,22H,3,6-7,10-16H2,1-2H3,(H2,21,23,24);1H. The summed E-state index contributed by atoms with van der Waals surface area (Å²) >= 11 is 0. The van der Waals surface area contributed by atoms with E-state index in [1.165, 1.54) is 31.7 Å². The molecular formula is C20H34IN5O3. The average molecular weight is 519 g/mol. The van der Waals surface area contributed by atoms with Gasteiger partial charge in [-0.2, -0.15) is 0 Å². The Labute approximate surface area is 190 Å². The van der Waals surface area contributed by atoms with Crippen molar-refractivity contribution in [3.8, 4) is 0 Å². The van der Waals surface area contributed by atoms with E-state index in [1.807, 2.05) is 6.92 Å². The monoisotopic (exact) mass is 519 g/mol. The Morgan fingerprint density at radius 1 is 1.24 bits per heavy atom. The lowest BCUT2D eigenvalue weighted by molar-refractivity contribution is -0.384. The van der Waals surface area contributed by atoms with Crippen LogP contribution in [0.4, 0.5) is 11.4 Å². The summed E-state index contributed by atoms with van der Waals surface area (Å²) < 4.78 is 5.57. The molecule has 1 aliphatic rings. The Kier molecular flexibility index (Phi) is 11.9. The van der Waals surface area contributed by atoms with Gasteiger partial charge in [0.05, 0.1) is 4.92 Å². The number of halogens is 1. The molecule has 0 amide bonds. The van der Waals surface area contributed by atoms with Gasteiger partial charge in [0.2, 0.25) is 0 Å². The van der Waals surface area contributed by atoms with Crippen molar-refractivity contribution in [1.82, 2.24) is 10.6 Å². The maximum absolute atomic E-state index is 11.1. The van der Waals surface area contributed by atoms with Crippen molar-refractivity contribution in [2.24, 2.45) is 10.4 Å². The molecule has 9 heteroatoms. The highest BCUT2D eigenvalue weighted by Crippen LogP contribution is 2.40. The van der Waals surface area contributed by atoms with Gasteiger partial charge in [-0.3, -0.25) is 15.1 Å². The molecule has 29 heavy (non-hydrogen) atoms. The Balaban J connectivity index is 0.00000420. The van der Waals surface area contributed by atoms with Gasteiger partial charge in [0.15, 0.2) is 5.96 Å². The van der Waals surface area contributed by atoms with Gasteiger partial charge in [-0.05, 0) is 37.7 Å². The van der Waals surface area contributed by atoms with Crippen molar-refractivity contribution in [2.75, 3.05) is 45.2 Å². The first kappa shape index (κ1) is 25.4. The lowest BCUT2D eigenvalue weighted by Gasteiger charge is -2.30. The van der Waals surface area contributed by atoms with Gasteiger partial charge >= 0.3 is 0 Å². The van der Waals surface area contributed by atoms with Crippen molar-refractivity contribution in [2.45, 2.75) is 39.0 Å². The molecule has 8 nitrogen and oxygen atoms in total. The number of anilines is 1. The molecule has 1 aromatic carbocycles. The third-order valence-corrected chi connectivity index (χ3v) is 5.33. The lowest BCUT2D eigenvalue weighted by Crippen LogP contribution is -2.44. The molecule has 0 atom stereocenters. The van der Waals surface area contributed by atoms with E-state index >= 15 is 0 Å². The number of benzene rings is 1. The van der Waals surface area contributed by atoms with Crippen molar-refractivity contribution in [3.63, 3.8) is 0 Å². The Bertz CT molecular complexity index is 651. The summed E-state index contributed by atoms with van der Waals surface area (Å²) in [5.74, 6) is 0.757. The number of rotatable bonds is 11. The van der Waals surface area contributed by atoms with E-state index in [-0.39, 0.29) is 40.0 Å². The van der Waals surface area contributed by atoms with Crippen molar-refractivity contribution >= 4 is 41.3 Å². The molecule has 0 unspecified atom stereocenters. The third-order valence-electron chi connectivity index (χ3n) is 5.33. The molecule has 3 N–H and O–H groups in total. The number of nitrogens with one attached hydrogen (secondary N) is 3. The van der Waals surface area contributed by atoms with Gasteiger partial charge < -0.3 is 20.7 Å². The summed E-state index contributed by atoms with van der Waals surface area (Å²) in [6, 6.07) is 6.66. The quantitative estimate of drug-likeness (QED) is 0.103. The molecular weight excluding hydrogens is 485 g/mol. The van der Waals surface area contributed by atoms with Crippen LogP contribution in [-0.4, -0.2) is 50.8 Å². The second kappa shape index (κ2) is 13.6. The van der Waals surface area contributed by atoms with Crippen LogP contribution in [0.25, 0.3) is 0 Å². The Morgan fingerprint density at radius 3 is 2.62 bits per heavy atom. The summed E-state index contributed by atoms with van der Waals surface area (Å²) in [6.07, 6.45) is 6.08. The van der Waals surface area contributed by atoms with Crippen LogP contribution in [0.2, 0.25) is 0 Å². The predicted octanol–water partition coefficient (Wildman–Crippen LogP) is 3.78. The number of para-hydroxylation sites is 2. The number of guanidine groups is 1. The highest BCUT2D eigenvalue weighted by molar-refractivity contribution is 14.0. The Morgan fingerprint density at radius 2 is 1.97 bits per heavy atom. The molecule has 0 aromatic heterocycles. The fraction of sp³-hybridized carbons (Fsp3) is 0.650. The summed E-state index contributed by atoms with van der Waals surface area (Å²) in [6.45, 7) is 5.66. The number of nitrogens with zero attached hydrogens (tertiary/aromatic N) is 2. The van der Waals surface area contributed by atoms with E-state index in [2.05, 4.69) is 20.9 Å². The first-order valence-corrected chi connectivity index (χ1v) is 10.1. The van der Waals surface area contributed by atoms with E-state index < -0.39 is 0 Å². The zero-order valence-corrected chi connectivity index (χ0v) is 19.7. The van der Waals surface area contributed by atoms with Crippen molar-refractivity contribution in [1.29, 1.82) is 0 Å². The first-order valence-electron chi connectivity index (χ1n) is 10.1. The highest BCUT2D eigenvalue weighted by Gasteiger charge is 2.33. The molecule has 1 aliphatic carbocycles. The second-order valence-corrected chi connectivity index (χ2v) is 7.21. The fourth-order valence-electron chi connectivity index (χ4n) is 3.73. The maximum Gasteiger partial charge on any atom is 0.292 e. The predicted molar refractivity (Wildman–Crippen MR) is 128 cm³/mol. The molecule has 0 radical (unpaired) electrons. The number of hydrogen-bond donors (Lipinski definition) is 3. The SMILES string of the molecule is CCOCCC1(CNC(=NC)NCCNc2ccccc2[N+](=O)[O-])CCCC1.I. The van der Waals surface area contributed by atoms with Crippen LogP contribution >= 0.6 is 24.0 Å². The summed E-state index contributed by atoms with van der Waals surface area (Å²) in [7, 11) is 1.76. The van der Waals surface area contributed by atoms with Crippen LogP contribution in [0.3, 0.4) is 0 Å². The third kappa shape index (κ3) is 8.33. The van der Waals surface area contributed by atoms with Gasteiger partial charge in [0, 0.05) is 46.0 Å². The molecule has 0 aliphatic heterocycles. The molecule has 2 rings (SSSR count). The zero-order chi connectivity index (χ0) is 20.2. The minimum absolute atomic E-state index is 0. The van der Waals surface area contributed by atoms with Crippen LogP contribution < -0.4 is 16.0 Å². The number of nitro groups is 1. The van der Waals surface area contributed by atoms with E-state index in [1.54, 1.807) is 25.2 Å². The molecule has 1 saturated carbocycles. The smallest absolute Gasteiger partial charge is 0.292 e. The summed E-state index contributed by atoms with van der Waals surface area (Å²) in [5.41, 5.74) is 0.899. The van der Waals surface area contributed by atoms with Crippen LogP contribution in [0.5, 0.6) is 0 Å². The number of hydrogen-bond acceptors (Lipinski definition) is 5. The van der Waals surface area contributed by atoms with Crippen LogP contribution in [0.1, 0.15) is 39.0 Å². The van der Waals surface area contributed by atoms with E-state index in [0.717, 1.165) is 32.1 Å². The van der Waals surface area contributed by atoms with Crippen molar-refractivity contribution < 1.29 is 9.66 Å². The van der Waals surface area contributed by atoms with E-state index in [0.29, 0.717) is 18.8 Å². The summed E-state index contributed by atoms with van der Waals surface area (Å²) in [4.78, 5) is 15.0. The molecule has 0 bridgehead atoms. The normalized spacial score (nSPS) is 15.4. The molecule has 164 valence electrons. The average Bonchev–Trinajstić information content (AvgIpc) is 3.17. The number of ether oxygens (including phenoxy) is 1. The topological polar surface area (TPSA) is 101 Å².